The van der Waals surface area contributed by atoms with Crippen LogP contribution in [0.4, 0.5) is 19.0 Å². The first-order valence-electron chi connectivity index (χ1n) is 5.50. The summed E-state index contributed by atoms with van der Waals surface area (Å²) >= 11 is 2.06. The molecule has 0 aliphatic rings. The van der Waals surface area contributed by atoms with E-state index in [4.69, 9.17) is 0 Å². The van der Waals surface area contributed by atoms with Gasteiger partial charge in [-0.05, 0) is 46.9 Å². The highest BCUT2D eigenvalue weighted by molar-refractivity contribution is 14.1. The molecule has 2 heterocycles. The minimum absolute atomic E-state index is 0.0670. The Morgan fingerprint density at radius 1 is 1.35 bits per heavy atom. The molecule has 2 rings (SSSR count). The van der Waals surface area contributed by atoms with E-state index in [2.05, 4.69) is 32.9 Å². The van der Waals surface area contributed by atoms with Crippen molar-refractivity contribution in [3.05, 3.63) is 45.9 Å². The maximum absolute atomic E-state index is 12.4. The first-order valence-corrected chi connectivity index (χ1v) is 6.58. The van der Waals surface area contributed by atoms with Crippen molar-refractivity contribution < 1.29 is 18.0 Å². The lowest BCUT2D eigenvalue weighted by Gasteiger charge is -2.11. The molecule has 4 nitrogen and oxygen atoms in total. The van der Waals surface area contributed by atoms with E-state index in [1.807, 2.05) is 0 Å². The summed E-state index contributed by atoms with van der Waals surface area (Å²) in [7, 11) is 0. The van der Waals surface area contributed by atoms with Gasteiger partial charge in [0.1, 0.15) is 18.1 Å². The fourth-order valence-corrected chi connectivity index (χ4v) is 1.90. The number of pyridine rings is 1. The maximum Gasteiger partial charge on any atom is 0.406 e. The Kier molecular flexibility index (Phi) is 4.31. The molecular formula is C12H9F3IN3O. The SMILES string of the molecule is O=C(Nc1ccc(I)cn1)c1cccn1CC(F)(F)F. The Hall–Kier alpha value is -1.58. The molecule has 8 heteroatoms. The van der Waals surface area contributed by atoms with Crippen LogP contribution in [0.3, 0.4) is 0 Å². The highest BCUT2D eigenvalue weighted by Crippen LogP contribution is 2.19. The molecule has 0 unspecified atom stereocenters. The van der Waals surface area contributed by atoms with Gasteiger partial charge in [0, 0.05) is 16.0 Å². The number of aromatic nitrogens is 2. The Labute approximate surface area is 126 Å². The van der Waals surface area contributed by atoms with Gasteiger partial charge in [0.2, 0.25) is 0 Å². The Morgan fingerprint density at radius 3 is 2.70 bits per heavy atom. The first kappa shape index (κ1) is 14.8. The zero-order chi connectivity index (χ0) is 14.8. The molecule has 0 atom stereocenters. The predicted octanol–water partition coefficient (Wildman–Crippen LogP) is 3.30. The van der Waals surface area contributed by atoms with Crippen LogP contribution < -0.4 is 5.32 Å². The standard InChI is InChI=1S/C12H9F3IN3O/c13-12(14,15)7-19-5-1-2-9(19)11(20)18-10-4-3-8(16)6-17-10/h1-6H,7H2,(H,17,18,20). The minimum atomic E-state index is -4.38. The summed E-state index contributed by atoms with van der Waals surface area (Å²) in [6.45, 7) is -1.21. The van der Waals surface area contributed by atoms with Gasteiger partial charge in [-0.1, -0.05) is 0 Å². The number of carbonyl (C=O) groups excluding carboxylic acids is 1. The second-order valence-corrected chi connectivity index (χ2v) is 5.20. The summed E-state index contributed by atoms with van der Waals surface area (Å²) in [6.07, 6.45) is -1.62. The Morgan fingerprint density at radius 2 is 2.10 bits per heavy atom. The van der Waals surface area contributed by atoms with Gasteiger partial charge < -0.3 is 9.88 Å². The number of anilines is 1. The Bertz CT molecular complexity index is 607. The molecule has 2 aromatic heterocycles. The van der Waals surface area contributed by atoms with Gasteiger partial charge in [-0.15, -0.1) is 0 Å². The highest BCUT2D eigenvalue weighted by atomic mass is 127. The zero-order valence-corrected chi connectivity index (χ0v) is 12.1. The lowest BCUT2D eigenvalue weighted by molar-refractivity contribution is -0.140. The average molecular weight is 395 g/mol. The monoisotopic (exact) mass is 395 g/mol. The largest absolute Gasteiger partial charge is 0.406 e. The summed E-state index contributed by atoms with van der Waals surface area (Å²) < 4.78 is 38.8. The van der Waals surface area contributed by atoms with Crippen LogP contribution in [0.15, 0.2) is 36.7 Å². The van der Waals surface area contributed by atoms with E-state index in [0.717, 1.165) is 8.14 Å². The van der Waals surface area contributed by atoms with E-state index in [9.17, 15) is 18.0 Å². The van der Waals surface area contributed by atoms with Crippen molar-refractivity contribution >= 4 is 34.3 Å². The van der Waals surface area contributed by atoms with E-state index < -0.39 is 18.6 Å². The molecule has 0 spiro atoms. The molecule has 0 saturated heterocycles. The van der Waals surface area contributed by atoms with E-state index in [-0.39, 0.29) is 11.5 Å². The predicted molar refractivity (Wildman–Crippen MR) is 75.4 cm³/mol. The van der Waals surface area contributed by atoms with Crippen LogP contribution in [0.25, 0.3) is 0 Å². The van der Waals surface area contributed by atoms with Crippen molar-refractivity contribution in [2.45, 2.75) is 12.7 Å². The van der Waals surface area contributed by atoms with Crippen LogP contribution in [-0.4, -0.2) is 21.6 Å². The molecule has 2 aromatic rings. The van der Waals surface area contributed by atoms with Crippen molar-refractivity contribution in [2.75, 3.05) is 5.32 Å². The van der Waals surface area contributed by atoms with Gasteiger partial charge >= 0.3 is 6.18 Å². The van der Waals surface area contributed by atoms with Crippen LogP contribution in [0.5, 0.6) is 0 Å². The number of alkyl halides is 3. The molecule has 20 heavy (non-hydrogen) atoms. The number of hydrogen-bond donors (Lipinski definition) is 1. The lowest BCUT2D eigenvalue weighted by atomic mass is 10.3. The minimum Gasteiger partial charge on any atom is -0.334 e. The van der Waals surface area contributed by atoms with Crippen molar-refractivity contribution in [3.63, 3.8) is 0 Å². The highest BCUT2D eigenvalue weighted by Gasteiger charge is 2.29. The summed E-state index contributed by atoms with van der Waals surface area (Å²) in [6, 6.07) is 6.03. The molecular weight excluding hydrogens is 386 g/mol. The number of nitrogens with zero attached hydrogens (tertiary/aromatic N) is 2. The molecule has 1 N–H and O–H groups in total. The second-order valence-electron chi connectivity index (χ2n) is 3.95. The van der Waals surface area contributed by atoms with Gasteiger partial charge in [-0.25, -0.2) is 4.98 Å². The smallest absolute Gasteiger partial charge is 0.334 e. The van der Waals surface area contributed by atoms with Gasteiger partial charge in [0.15, 0.2) is 0 Å². The number of rotatable bonds is 3. The molecule has 0 aliphatic heterocycles. The molecule has 0 aliphatic carbocycles. The maximum atomic E-state index is 12.4. The fourth-order valence-electron chi connectivity index (χ4n) is 1.58. The summed E-state index contributed by atoms with van der Waals surface area (Å²) in [5.74, 6) is -0.344. The topological polar surface area (TPSA) is 46.9 Å². The van der Waals surface area contributed by atoms with Gasteiger partial charge in [0.05, 0.1) is 0 Å². The number of amides is 1. The summed E-state index contributed by atoms with van der Waals surface area (Å²) in [5, 5.41) is 2.46. The van der Waals surface area contributed by atoms with Gasteiger partial charge in [-0.2, -0.15) is 13.2 Å². The summed E-state index contributed by atoms with van der Waals surface area (Å²) in [5.41, 5.74) is -0.0670. The van der Waals surface area contributed by atoms with Crippen LogP contribution >= 0.6 is 22.6 Å². The van der Waals surface area contributed by atoms with Crippen molar-refractivity contribution in [2.24, 2.45) is 0 Å². The van der Waals surface area contributed by atoms with Crippen molar-refractivity contribution in [1.82, 2.24) is 9.55 Å². The van der Waals surface area contributed by atoms with Crippen molar-refractivity contribution in [3.8, 4) is 0 Å². The van der Waals surface area contributed by atoms with Gasteiger partial charge in [0.25, 0.3) is 5.91 Å². The van der Waals surface area contributed by atoms with E-state index in [0.29, 0.717) is 0 Å². The number of nitrogens with one attached hydrogen (secondary N) is 1. The quantitative estimate of drug-likeness (QED) is 0.811. The van der Waals surface area contributed by atoms with Crippen molar-refractivity contribution in [1.29, 1.82) is 0 Å². The van der Waals surface area contributed by atoms with E-state index in [1.165, 1.54) is 18.3 Å². The third-order valence-electron chi connectivity index (χ3n) is 2.38. The second kappa shape index (κ2) is 5.81. The molecule has 0 fully saturated rings. The fraction of sp³-hybridized carbons (Fsp3) is 0.167. The normalized spacial score (nSPS) is 11.4. The third-order valence-corrected chi connectivity index (χ3v) is 3.02. The van der Waals surface area contributed by atoms with E-state index in [1.54, 1.807) is 18.3 Å². The van der Waals surface area contributed by atoms with Crippen LogP contribution in [0, 0.1) is 3.57 Å². The molecule has 1 amide bonds. The summed E-state index contributed by atoms with van der Waals surface area (Å²) in [4.78, 5) is 15.9. The Balaban J connectivity index is 2.14. The molecule has 0 saturated carbocycles. The lowest BCUT2D eigenvalue weighted by Crippen LogP contribution is -2.23. The molecule has 0 radical (unpaired) electrons. The molecule has 0 bridgehead atoms. The molecule has 106 valence electrons. The van der Waals surface area contributed by atoms with Gasteiger partial charge in [-0.3, -0.25) is 4.79 Å². The number of carbonyl (C=O) groups is 1. The number of halogens is 4. The average Bonchev–Trinajstić information content (AvgIpc) is 2.78. The van der Waals surface area contributed by atoms with E-state index >= 15 is 0 Å². The van der Waals surface area contributed by atoms with Crippen LogP contribution in [0.1, 0.15) is 10.5 Å². The number of hydrogen-bond acceptors (Lipinski definition) is 2. The van der Waals surface area contributed by atoms with Crippen LogP contribution in [0.2, 0.25) is 0 Å². The zero-order valence-electron chi connectivity index (χ0n) is 9.99. The third kappa shape index (κ3) is 3.95. The first-order chi connectivity index (χ1) is 9.35. The molecule has 0 aromatic carbocycles. The van der Waals surface area contributed by atoms with Crippen LogP contribution in [-0.2, 0) is 6.54 Å².